The Kier molecular flexibility index (Phi) is 2.10. The van der Waals surface area contributed by atoms with E-state index < -0.39 is 0 Å². The minimum absolute atomic E-state index is 0.221. The Balaban J connectivity index is 2.33. The zero-order valence-corrected chi connectivity index (χ0v) is 5.30. The first-order valence-electron chi connectivity index (χ1n) is 3.17. The number of rotatable bonds is 1. The predicted octanol–water partition coefficient (Wildman–Crippen LogP) is -0.410. The highest BCUT2D eigenvalue weighted by Gasteiger charge is 2.23. The van der Waals surface area contributed by atoms with Crippen molar-refractivity contribution in [3.05, 3.63) is 0 Å². The largest absolute Gasteiger partial charge is 0.391 e. The van der Waals surface area contributed by atoms with Crippen LogP contribution in [0.4, 0.5) is 0 Å². The SMILES string of the molecule is C#CC[C@@H]1CNC[C@H]1O. The highest BCUT2D eigenvalue weighted by Crippen LogP contribution is 2.11. The fraction of sp³-hybridized carbons (Fsp3) is 0.714. The van der Waals surface area contributed by atoms with E-state index in [0.717, 1.165) is 6.54 Å². The Morgan fingerprint density at radius 1 is 1.67 bits per heavy atom. The van der Waals surface area contributed by atoms with Crippen LogP contribution in [0.3, 0.4) is 0 Å². The van der Waals surface area contributed by atoms with Crippen molar-refractivity contribution in [1.82, 2.24) is 5.32 Å². The topological polar surface area (TPSA) is 32.3 Å². The van der Waals surface area contributed by atoms with Gasteiger partial charge in [-0.1, -0.05) is 0 Å². The quantitative estimate of drug-likeness (QED) is 0.467. The Morgan fingerprint density at radius 3 is 2.89 bits per heavy atom. The minimum Gasteiger partial charge on any atom is -0.391 e. The smallest absolute Gasteiger partial charge is 0.0713 e. The molecule has 0 amide bonds. The molecule has 0 aliphatic carbocycles. The lowest BCUT2D eigenvalue weighted by molar-refractivity contribution is 0.150. The molecule has 0 aromatic heterocycles. The summed E-state index contributed by atoms with van der Waals surface area (Å²) in [6.45, 7) is 1.57. The molecule has 0 spiro atoms. The number of nitrogens with one attached hydrogen (secondary N) is 1. The summed E-state index contributed by atoms with van der Waals surface area (Å²) < 4.78 is 0. The summed E-state index contributed by atoms with van der Waals surface area (Å²) in [4.78, 5) is 0. The van der Waals surface area contributed by atoms with Crippen molar-refractivity contribution >= 4 is 0 Å². The van der Waals surface area contributed by atoms with E-state index in [1.54, 1.807) is 0 Å². The van der Waals surface area contributed by atoms with Gasteiger partial charge in [-0.2, -0.15) is 0 Å². The van der Waals surface area contributed by atoms with Gasteiger partial charge in [0.1, 0.15) is 0 Å². The third-order valence-corrected chi connectivity index (χ3v) is 1.68. The number of aliphatic hydroxyl groups excluding tert-OH is 1. The molecule has 2 heteroatoms. The highest BCUT2D eigenvalue weighted by atomic mass is 16.3. The summed E-state index contributed by atoms with van der Waals surface area (Å²) >= 11 is 0. The van der Waals surface area contributed by atoms with Crippen molar-refractivity contribution in [3.8, 4) is 12.3 Å². The van der Waals surface area contributed by atoms with Gasteiger partial charge in [0, 0.05) is 25.4 Å². The maximum atomic E-state index is 9.16. The molecule has 1 fully saturated rings. The summed E-state index contributed by atoms with van der Waals surface area (Å²) in [6.07, 6.45) is 5.55. The lowest BCUT2D eigenvalue weighted by Crippen LogP contribution is -2.16. The third-order valence-electron chi connectivity index (χ3n) is 1.68. The maximum absolute atomic E-state index is 9.16. The molecule has 0 unspecified atom stereocenters. The van der Waals surface area contributed by atoms with Crippen LogP contribution in [0, 0.1) is 18.3 Å². The van der Waals surface area contributed by atoms with Gasteiger partial charge in [-0.05, 0) is 0 Å². The first kappa shape index (κ1) is 6.60. The van der Waals surface area contributed by atoms with Crippen LogP contribution < -0.4 is 5.32 Å². The van der Waals surface area contributed by atoms with Gasteiger partial charge in [0.25, 0.3) is 0 Å². The van der Waals surface area contributed by atoms with Gasteiger partial charge in [-0.3, -0.25) is 0 Å². The lowest BCUT2D eigenvalue weighted by Gasteiger charge is -2.07. The molecule has 0 saturated carbocycles. The molecule has 1 rings (SSSR count). The van der Waals surface area contributed by atoms with E-state index in [2.05, 4.69) is 11.2 Å². The Hall–Kier alpha value is -0.520. The Labute approximate surface area is 55.3 Å². The Bertz CT molecular complexity index is 127. The summed E-state index contributed by atoms with van der Waals surface area (Å²) in [5.74, 6) is 2.83. The van der Waals surface area contributed by atoms with Crippen molar-refractivity contribution in [3.63, 3.8) is 0 Å². The van der Waals surface area contributed by atoms with Gasteiger partial charge in [-0.25, -0.2) is 0 Å². The lowest BCUT2D eigenvalue weighted by atomic mass is 10.0. The van der Waals surface area contributed by atoms with Crippen molar-refractivity contribution in [2.24, 2.45) is 5.92 Å². The molecule has 1 saturated heterocycles. The van der Waals surface area contributed by atoms with E-state index in [1.165, 1.54) is 0 Å². The number of hydrogen-bond donors (Lipinski definition) is 2. The molecule has 0 radical (unpaired) electrons. The fourth-order valence-corrected chi connectivity index (χ4v) is 1.08. The predicted molar refractivity (Wildman–Crippen MR) is 35.8 cm³/mol. The second-order valence-electron chi connectivity index (χ2n) is 2.39. The van der Waals surface area contributed by atoms with Gasteiger partial charge < -0.3 is 10.4 Å². The molecule has 50 valence electrons. The molecular formula is C7H11NO. The second kappa shape index (κ2) is 2.86. The van der Waals surface area contributed by atoms with Crippen LogP contribution >= 0.6 is 0 Å². The van der Waals surface area contributed by atoms with E-state index in [4.69, 9.17) is 11.5 Å². The van der Waals surface area contributed by atoms with Gasteiger partial charge in [0.15, 0.2) is 0 Å². The standard InChI is InChI=1S/C7H11NO/c1-2-3-6-4-8-5-7(6)9/h1,6-9H,3-5H2/t6-,7-/m1/s1. The molecule has 0 aromatic carbocycles. The van der Waals surface area contributed by atoms with Crippen LogP contribution in [0.25, 0.3) is 0 Å². The first-order chi connectivity index (χ1) is 4.34. The van der Waals surface area contributed by atoms with Crippen molar-refractivity contribution < 1.29 is 5.11 Å². The normalized spacial score (nSPS) is 34.2. The van der Waals surface area contributed by atoms with Crippen LogP contribution in [0.5, 0.6) is 0 Å². The van der Waals surface area contributed by atoms with E-state index in [1.807, 2.05) is 0 Å². The van der Waals surface area contributed by atoms with Crippen molar-refractivity contribution in [1.29, 1.82) is 0 Å². The van der Waals surface area contributed by atoms with Crippen LogP contribution in [0.1, 0.15) is 6.42 Å². The van der Waals surface area contributed by atoms with E-state index in [0.29, 0.717) is 13.0 Å². The Morgan fingerprint density at radius 2 is 2.44 bits per heavy atom. The minimum atomic E-state index is -0.221. The van der Waals surface area contributed by atoms with E-state index in [-0.39, 0.29) is 12.0 Å². The number of aliphatic hydroxyl groups is 1. The summed E-state index contributed by atoms with van der Waals surface area (Å²) in [5.41, 5.74) is 0. The van der Waals surface area contributed by atoms with E-state index >= 15 is 0 Å². The van der Waals surface area contributed by atoms with Gasteiger partial charge in [0.2, 0.25) is 0 Å². The second-order valence-corrected chi connectivity index (χ2v) is 2.39. The zero-order chi connectivity index (χ0) is 6.69. The molecular weight excluding hydrogens is 114 g/mol. The van der Waals surface area contributed by atoms with Crippen molar-refractivity contribution in [2.75, 3.05) is 13.1 Å². The average molecular weight is 125 g/mol. The third kappa shape index (κ3) is 1.44. The molecule has 1 aliphatic heterocycles. The molecule has 1 aliphatic rings. The monoisotopic (exact) mass is 125 g/mol. The van der Waals surface area contributed by atoms with E-state index in [9.17, 15) is 0 Å². The molecule has 1 heterocycles. The highest BCUT2D eigenvalue weighted by molar-refractivity contribution is 4.92. The summed E-state index contributed by atoms with van der Waals surface area (Å²) in [7, 11) is 0. The molecule has 0 bridgehead atoms. The van der Waals surface area contributed by atoms with Crippen LogP contribution in [-0.4, -0.2) is 24.3 Å². The van der Waals surface area contributed by atoms with Gasteiger partial charge in [-0.15, -0.1) is 12.3 Å². The van der Waals surface area contributed by atoms with Crippen LogP contribution in [0.15, 0.2) is 0 Å². The summed E-state index contributed by atoms with van der Waals surface area (Å²) in [5, 5.41) is 12.2. The van der Waals surface area contributed by atoms with Gasteiger partial charge in [0.05, 0.1) is 6.10 Å². The summed E-state index contributed by atoms with van der Waals surface area (Å²) in [6, 6.07) is 0. The van der Waals surface area contributed by atoms with Crippen molar-refractivity contribution in [2.45, 2.75) is 12.5 Å². The zero-order valence-electron chi connectivity index (χ0n) is 5.30. The molecule has 2 nitrogen and oxygen atoms in total. The number of hydrogen-bond acceptors (Lipinski definition) is 2. The maximum Gasteiger partial charge on any atom is 0.0713 e. The van der Waals surface area contributed by atoms with Crippen LogP contribution in [0.2, 0.25) is 0 Å². The fourth-order valence-electron chi connectivity index (χ4n) is 1.08. The number of β-amino-alcohol motifs (C(OH)–C–C–N with tert-alkyl or cyclic N) is 1. The number of terminal acetylenes is 1. The van der Waals surface area contributed by atoms with Crippen LogP contribution in [-0.2, 0) is 0 Å². The molecule has 0 aromatic rings. The first-order valence-corrected chi connectivity index (χ1v) is 3.17. The molecule has 2 N–H and O–H groups in total. The molecule has 2 atom stereocenters. The van der Waals surface area contributed by atoms with Gasteiger partial charge >= 0.3 is 0 Å². The molecule has 9 heavy (non-hydrogen) atoms. The average Bonchev–Trinajstić information content (AvgIpc) is 2.18.